The monoisotopic (exact) mass is 648 g/mol. The second kappa shape index (κ2) is 37.3. The van der Waals surface area contributed by atoms with Crippen molar-refractivity contribution < 1.29 is 23.9 Å². The molecular formula is C40H73NO5. The number of hydrogen-bond donors (Lipinski definition) is 1. The number of esters is 2. The number of allylic oxidation sites excluding steroid dienone is 4. The molecule has 0 spiro atoms. The summed E-state index contributed by atoms with van der Waals surface area (Å²) in [7, 11) is 0. The SMILES string of the molecule is CCCCCCCCC=CCCCCCCCC(=O)OCCCCCCCCCCC=CCCCCCCCC(=O)OCC(N)=O. The molecule has 6 heteroatoms. The van der Waals surface area contributed by atoms with Crippen LogP contribution in [0, 0.1) is 0 Å². The van der Waals surface area contributed by atoms with Crippen molar-refractivity contribution in [3.8, 4) is 0 Å². The van der Waals surface area contributed by atoms with Gasteiger partial charge in [-0.3, -0.25) is 14.4 Å². The zero-order valence-corrected chi connectivity index (χ0v) is 30.1. The van der Waals surface area contributed by atoms with Crippen molar-refractivity contribution in [3.63, 3.8) is 0 Å². The maximum Gasteiger partial charge on any atom is 0.306 e. The van der Waals surface area contributed by atoms with Gasteiger partial charge in [-0.05, 0) is 70.6 Å². The van der Waals surface area contributed by atoms with Crippen LogP contribution in [-0.2, 0) is 23.9 Å². The third kappa shape index (κ3) is 38.1. The molecule has 46 heavy (non-hydrogen) atoms. The van der Waals surface area contributed by atoms with Gasteiger partial charge in [-0.2, -0.15) is 0 Å². The van der Waals surface area contributed by atoms with Crippen LogP contribution >= 0.6 is 0 Å². The molecule has 2 N–H and O–H groups in total. The summed E-state index contributed by atoms with van der Waals surface area (Å²) in [5.74, 6) is -0.960. The number of ether oxygens (including phenoxy) is 2. The molecule has 0 aromatic carbocycles. The van der Waals surface area contributed by atoms with Crippen molar-refractivity contribution in [2.24, 2.45) is 5.73 Å². The van der Waals surface area contributed by atoms with Crippen LogP contribution in [0.25, 0.3) is 0 Å². The first-order valence-electron chi connectivity index (χ1n) is 19.5. The van der Waals surface area contributed by atoms with Gasteiger partial charge >= 0.3 is 11.9 Å². The summed E-state index contributed by atoms with van der Waals surface area (Å²) in [4.78, 5) is 33.9. The molecule has 0 radical (unpaired) electrons. The molecule has 0 atom stereocenters. The normalized spacial score (nSPS) is 11.5. The Morgan fingerprint density at radius 2 is 0.761 bits per heavy atom. The molecule has 0 aromatic rings. The number of carbonyl (C=O) groups excluding carboxylic acids is 3. The minimum absolute atomic E-state index is 0.0113. The second-order valence-corrected chi connectivity index (χ2v) is 13.1. The molecule has 1 amide bonds. The highest BCUT2D eigenvalue weighted by molar-refractivity contribution is 5.78. The predicted molar refractivity (Wildman–Crippen MR) is 194 cm³/mol. The summed E-state index contributed by atoms with van der Waals surface area (Å²) in [6.07, 6.45) is 44.4. The van der Waals surface area contributed by atoms with E-state index in [2.05, 4.69) is 31.2 Å². The lowest BCUT2D eigenvalue weighted by molar-refractivity contribution is -0.147. The van der Waals surface area contributed by atoms with E-state index < -0.39 is 5.91 Å². The third-order valence-electron chi connectivity index (χ3n) is 8.46. The van der Waals surface area contributed by atoms with Crippen molar-refractivity contribution in [1.29, 1.82) is 0 Å². The minimum Gasteiger partial charge on any atom is -0.466 e. The molecular weight excluding hydrogens is 574 g/mol. The third-order valence-corrected chi connectivity index (χ3v) is 8.46. The first-order chi connectivity index (χ1) is 22.6. The Labute approximate surface area is 284 Å². The van der Waals surface area contributed by atoms with Crippen LogP contribution in [0.15, 0.2) is 24.3 Å². The summed E-state index contributed by atoms with van der Waals surface area (Å²) in [6.45, 7) is 2.55. The Kier molecular flexibility index (Phi) is 35.6. The molecule has 0 aliphatic heterocycles. The fraction of sp³-hybridized carbons (Fsp3) is 0.825. The Hall–Kier alpha value is -2.11. The van der Waals surface area contributed by atoms with Crippen molar-refractivity contribution in [3.05, 3.63) is 24.3 Å². The van der Waals surface area contributed by atoms with E-state index >= 15 is 0 Å². The number of amides is 1. The summed E-state index contributed by atoms with van der Waals surface area (Å²) in [6, 6.07) is 0. The molecule has 0 aromatic heterocycles. The Morgan fingerprint density at radius 3 is 1.15 bits per heavy atom. The lowest BCUT2D eigenvalue weighted by atomic mass is 10.1. The van der Waals surface area contributed by atoms with Gasteiger partial charge in [0, 0.05) is 12.8 Å². The maximum atomic E-state index is 12.0. The van der Waals surface area contributed by atoms with Crippen molar-refractivity contribution >= 4 is 17.8 Å². The van der Waals surface area contributed by atoms with Crippen LogP contribution in [0.4, 0.5) is 0 Å². The molecule has 0 saturated heterocycles. The number of rotatable bonds is 36. The highest BCUT2D eigenvalue weighted by atomic mass is 16.5. The number of hydrogen-bond acceptors (Lipinski definition) is 5. The van der Waals surface area contributed by atoms with Gasteiger partial charge in [0.05, 0.1) is 6.61 Å². The Bertz CT molecular complexity index is 748. The average molecular weight is 648 g/mol. The Morgan fingerprint density at radius 1 is 0.435 bits per heavy atom. The fourth-order valence-corrected chi connectivity index (χ4v) is 5.54. The van der Waals surface area contributed by atoms with Gasteiger partial charge in [0.25, 0.3) is 5.91 Å². The van der Waals surface area contributed by atoms with E-state index in [1.54, 1.807) is 0 Å². The van der Waals surface area contributed by atoms with Crippen LogP contribution in [0.1, 0.15) is 200 Å². The Balaban J connectivity index is 3.26. The maximum absolute atomic E-state index is 12.0. The minimum atomic E-state index is -0.612. The number of carbonyl (C=O) groups is 3. The smallest absolute Gasteiger partial charge is 0.306 e. The van der Waals surface area contributed by atoms with Crippen LogP contribution < -0.4 is 5.73 Å². The number of unbranched alkanes of at least 4 members (excludes halogenated alkanes) is 24. The summed E-state index contributed by atoms with van der Waals surface area (Å²) in [5, 5.41) is 0. The summed E-state index contributed by atoms with van der Waals surface area (Å²) >= 11 is 0. The van der Waals surface area contributed by atoms with Crippen molar-refractivity contribution in [1.82, 2.24) is 0 Å². The molecule has 0 unspecified atom stereocenters. The molecule has 0 rings (SSSR count). The molecule has 0 bridgehead atoms. The van der Waals surface area contributed by atoms with Crippen molar-refractivity contribution in [2.45, 2.75) is 200 Å². The standard InChI is InChI=1S/C40H73NO5/c1-2-3-4-5-6-7-8-9-13-16-19-22-25-28-31-34-39(43)45-36-33-30-27-24-21-18-15-12-10-11-14-17-20-23-26-29-32-35-40(44)46-37-38(41)42/h9,11,13-14H,2-8,10,12,15-37H2,1H3,(H2,41,42). The van der Waals surface area contributed by atoms with Crippen LogP contribution in [0.2, 0.25) is 0 Å². The predicted octanol–water partition coefficient (Wildman–Crippen LogP) is 11.4. The van der Waals surface area contributed by atoms with Crippen LogP contribution in [0.5, 0.6) is 0 Å². The van der Waals surface area contributed by atoms with E-state index in [4.69, 9.17) is 15.2 Å². The van der Waals surface area contributed by atoms with E-state index in [1.807, 2.05) is 0 Å². The molecule has 268 valence electrons. The van der Waals surface area contributed by atoms with Crippen LogP contribution in [0.3, 0.4) is 0 Å². The van der Waals surface area contributed by atoms with Gasteiger partial charge < -0.3 is 15.2 Å². The van der Waals surface area contributed by atoms with E-state index in [0.29, 0.717) is 19.4 Å². The van der Waals surface area contributed by atoms with E-state index in [0.717, 1.165) is 51.4 Å². The van der Waals surface area contributed by atoms with E-state index in [-0.39, 0.29) is 18.5 Å². The quantitative estimate of drug-likeness (QED) is 0.0415. The molecule has 0 aliphatic carbocycles. The average Bonchev–Trinajstić information content (AvgIpc) is 3.04. The van der Waals surface area contributed by atoms with Crippen molar-refractivity contribution in [2.75, 3.05) is 13.2 Å². The lowest BCUT2D eigenvalue weighted by Crippen LogP contribution is -2.20. The first kappa shape index (κ1) is 43.9. The van der Waals surface area contributed by atoms with Crippen LogP contribution in [-0.4, -0.2) is 31.1 Å². The highest BCUT2D eigenvalue weighted by Crippen LogP contribution is 2.13. The zero-order chi connectivity index (χ0) is 33.6. The highest BCUT2D eigenvalue weighted by Gasteiger charge is 2.04. The topological polar surface area (TPSA) is 95.7 Å². The zero-order valence-electron chi connectivity index (χ0n) is 30.1. The number of primary amides is 1. The molecule has 0 fully saturated rings. The summed E-state index contributed by atoms with van der Waals surface area (Å²) in [5.41, 5.74) is 4.95. The van der Waals surface area contributed by atoms with Gasteiger partial charge in [-0.25, -0.2) is 0 Å². The van der Waals surface area contributed by atoms with Gasteiger partial charge in [0.2, 0.25) is 0 Å². The molecule has 0 heterocycles. The van der Waals surface area contributed by atoms with Gasteiger partial charge in [-0.1, -0.05) is 140 Å². The van der Waals surface area contributed by atoms with E-state index in [9.17, 15) is 14.4 Å². The fourth-order valence-electron chi connectivity index (χ4n) is 5.54. The van der Waals surface area contributed by atoms with Gasteiger partial charge in [0.15, 0.2) is 6.61 Å². The first-order valence-corrected chi connectivity index (χ1v) is 19.5. The number of nitrogens with two attached hydrogens (primary N) is 1. The van der Waals surface area contributed by atoms with E-state index in [1.165, 1.54) is 128 Å². The van der Waals surface area contributed by atoms with Gasteiger partial charge in [-0.15, -0.1) is 0 Å². The second-order valence-electron chi connectivity index (χ2n) is 13.1. The molecule has 0 aliphatic rings. The van der Waals surface area contributed by atoms with Gasteiger partial charge in [0.1, 0.15) is 0 Å². The largest absolute Gasteiger partial charge is 0.466 e. The molecule has 0 saturated carbocycles. The lowest BCUT2D eigenvalue weighted by Gasteiger charge is -2.05. The molecule has 6 nitrogen and oxygen atoms in total. The summed E-state index contributed by atoms with van der Waals surface area (Å²) < 4.78 is 10.2.